The fourth-order valence-corrected chi connectivity index (χ4v) is 1.53. The first-order valence-corrected chi connectivity index (χ1v) is 7.07. The largest absolute Gasteiger partial charge is 0.490 e. The van der Waals surface area contributed by atoms with Crippen molar-refractivity contribution >= 4 is 5.97 Å². The Balaban J connectivity index is 0.000000486. The maximum Gasteiger partial charge on any atom is 0.490 e. The topological polar surface area (TPSA) is 85.4 Å². The van der Waals surface area contributed by atoms with E-state index in [1.165, 1.54) is 12.8 Å². The number of aliphatic carboxylic acids is 1. The lowest BCUT2D eigenvalue weighted by Gasteiger charge is -2.10. The van der Waals surface area contributed by atoms with Crippen molar-refractivity contribution in [3.05, 3.63) is 0 Å². The number of carboxylic acids is 1. The number of carbonyl (C=O) groups is 1. The molecule has 1 fully saturated rings. The molecule has 0 bridgehead atoms. The van der Waals surface area contributed by atoms with Crippen molar-refractivity contribution in [2.24, 2.45) is 0 Å². The molecular weight excluding hydrogens is 289 g/mol. The van der Waals surface area contributed by atoms with Crippen molar-refractivity contribution in [1.82, 2.24) is 21.3 Å². The van der Waals surface area contributed by atoms with Crippen LogP contribution in [0, 0.1) is 0 Å². The van der Waals surface area contributed by atoms with Crippen molar-refractivity contribution in [3.8, 4) is 0 Å². The Bertz CT molecular complexity index is 212. The summed E-state index contributed by atoms with van der Waals surface area (Å²) in [5, 5.41) is 20.8. The van der Waals surface area contributed by atoms with Crippen LogP contribution in [0.3, 0.4) is 0 Å². The Labute approximate surface area is 122 Å². The molecule has 6 nitrogen and oxygen atoms in total. The Morgan fingerprint density at radius 2 is 0.952 bits per heavy atom. The monoisotopic (exact) mass is 314 g/mol. The smallest absolute Gasteiger partial charge is 0.475 e. The van der Waals surface area contributed by atoms with Crippen molar-refractivity contribution < 1.29 is 23.1 Å². The molecule has 0 aromatic carbocycles. The number of halogens is 3. The van der Waals surface area contributed by atoms with E-state index in [2.05, 4.69) is 21.3 Å². The van der Waals surface area contributed by atoms with Gasteiger partial charge in [-0.05, 0) is 39.0 Å². The van der Waals surface area contributed by atoms with Crippen LogP contribution in [0.5, 0.6) is 0 Å². The van der Waals surface area contributed by atoms with Gasteiger partial charge in [0, 0.05) is 26.2 Å². The summed E-state index contributed by atoms with van der Waals surface area (Å²) >= 11 is 0. The van der Waals surface area contributed by atoms with E-state index in [-0.39, 0.29) is 0 Å². The molecule has 0 spiro atoms. The molecule has 1 aliphatic rings. The Morgan fingerprint density at radius 1 is 0.714 bits per heavy atom. The second-order valence-corrected chi connectivity index (χ2v) is 4.51. The molecule has 0 saturated carbocycles. The molecule has 0 aromatic heterocycles. The summed E-state index contributed by atoms with van der Waals surface area (Å²) in [5.74, 6) is -2.76. The lowest BCUT2D eigenvalue weighted by molar-refractivity contribution is -0.192. The van der Waals surface area contributed by atoms with Gasteiger partial charge >= 0.3 is 12.1 Å². The highest BCUT2D eigenvalue weighted by Crippen LogP contribution is 2.13. The van der Waals surface area contributed by atoms with Gasteiger partial charge in [-0.25, -0.2) is 4.79 Å². The first-order chi connectivity index (χ1) is 9.94. The zero-order valence-electron chi connectivity index (χ0n) is 12.1. The van der Waals surface area contributed by atoms with E-state index in [9.17, 15) is 13.2 Å². The van der Waals surface area contributed by atoms with E-state index in [0.29, 0.717) is 0 Å². The summed E-state index contributed by atoms with van der Waals surface area (Å²) < 4.78 is 31.7. The highest BCUT2D eigenvalue weighted by atomic mass is 19.4. The molecule has 0 aromatic rings. The Kier molecular flexibility index (Phi) is 12.3. The van der Waals surface area contributed by atoms with Crippen LogP contribution < -0.4 is 21.3 Å². The summed E-state index contributed by atoms with van der Waals surface area (Å²) in [7, 11) is 0. The van der Waals surface area contributed by atoms with E-state index < -0.39 is 12.1 Å². The molecule has 1 heterocycles. The molecule has 0 unspecified atom stereocenters. The van der Waals surface area contributed by atoms with E-state index >= 15 is 0 Å². The molecule has 1 aliphatic heterocycles. The maximum atomic E-state index is 10.6. The van der Waals surface area contributed by atoms with Gasteiger partial charge in [0.1, 0.15) is 0 Å². The zero-order valence-corrected chi connectivity index (χ0v) is 12.1. The summed E-state index contributed by atoms with van der Waals surface area (Å²) in [5.41, 5.74) is 0. The number of carboxylic acid groups (broad SMARTS) is 1. The van der Waals surface area contributed by atoms with Crippen LogP contribution in [0.25, 0.3) is 0 Å². The van der Waals surface area contributed by atoms with E-state index in [1.807, 2.05) is 0 Å². The SMILES string of the molecule is C1CNCCNCCCNCCNC1.O=C(O)C(F)(F)F. The molecule has 126 valence electrons. The lowest BCUT2D eigenvalue weighted by Crippen LogP contribution is -2.34. The average molecular weight is 314 g/mol. The molecule has 0 aliphatic carbocycles. The van der Waals surface area contributed by atoms with Crippen molar-refractivity contribution in [2.75, 3.05) is 52.4 Å². The minimum Gasteiger partial charge on any atom is -0.475 e. The third-order valence-electron chi connectivity index (χ3n) is 2.61. The summed E-state index contributed by atoms with van der Waals surface area (Å²) in [6.45, 7) is 8.87. The second-order valence-electron chi connectivity index (χ2n) is 4.51. The fourth-order valence-electron chi connectivity index (χ4n) is 1.53. The molecule has 9 heteroatoms. The van der Waals surface area contributed by atoms with Gasteiger partial charge in [0.15, 0.2) is 0 Å². The van der Waals surface area contributed by atoms with Gasteiger partial charge in [-0.15, -0.1) is 0 Å². The van der Waals surface area contributed by atoms with Gasteiger partial charge in [0.2, 0.25) is 0 Å². The van der Waals surface area contributed by atoms with Crippen LogP contribution in [0.2, 0.25) is 0 Å². The predicted molar refractivity (Wildman–Crippen MR) is 74.4 cm³/mol. The third-order valence-corrected chi connectivity index (χ3v) is 2.61. The Hall–Kier alpha value is -0.900. The molecule has 0 atom stereocenters. The van der Waals surface area contributed by atoms with E-state index in [0.717, 1.165) is 52.4 Å². The molecule has 0 amide bonds. The van der Waals surface area contributed by atoms with Gasteiger partial charge in [-0.2, -0.15) is 13.2 Å². The normalized spacial score (nSPS) is 19.8. The number of rotatable bonds is 0. The van der Waals surface area contributed by atoms with Gasteiger partial charge in [0.25, 0.3) is 0 Å². The molecule has 5 N–H and O–H groups in total. The highest BCUT2D eigenvalue weighted by molar-refractivity contribution is 5.73. The van der Waals surface area contributed by atoms with Crippen LogP contribution in [-0.2, 0) is 4.79 Å². The summed E-state index contributed by atoms with van der Waals surface area (Å²) in [4.78, 5) is 8.90. The minimum absolute atomic E-state index is 1.09. The van der Waals surface area contributed by atoms with Crippen LogP contribution in [0.1, 0.15) is 12.8 Å². The maximum absolute atomic E-state index is 10.6. The predicted octanol–water partition coefficient (Wildman–Crippen LogP) is -0.228. The second kappa shape index (κ2) is 12.8. The van der Waals surface area contributed by atoms with Crippen molar-refractivity contribution in [1.29, 1.82) is 0 Å². The first-order valence-electron chi connectivity index (χ1n) is 7.07. The Morgan fingerprint density at radius 3 is 1.14 bits per heavy atom. The molecule has 1 saturated heterocycles. The number of hydrogen-bond donors (Lipinski definition) is 5. The van der Waals surface area contributed by atoms with Crippen LogP contribution >= 0.6 is 0 Å². The average Bonchev–Trinajstić information content (AvgIpc) is 2.41. The first kappa shape index (κ1) is 20.1. The number of hydrogen-bond acceptors (Lipinski definition) is 5. The van der Waals surface area contributed by atoms with Gasteiger partial charge in [-0.1, -0.05) is 0 Å². The standard InChI is InChI=1S/C10H24N4.C2HF3O2/c1-3-11-7-9-13-5-2-6-14-10-8-12-4-1;3-2(4,5)1(6)7/h11-14H,1-10H2;(H,6,7). The van der Waals surface area contributed by atoms with Crippen LogP contribution in [0.15, 0.2) is 0 Å². The number of nitrogens with one attached hydrogen (secondary N) is 4. The van der Waals surface area contributed by atoms with Gasteiger partial charge in [-0.3, -0.25) is 0 Å². The molecule has 0 radical (unpaired) electrons. The van der Waals surface area contributed by atoms with Crippen LogP contribution in [0.4, 0.5) is 13.2 Å². The lowest BCUT2D eigenvalue weighted by atomic mass is 10.3. The third kappa shape index (κ3) is 15.3. The van der Waals surface area contributed by atoms with Crippen molar-refractivity contribution in [2.45, 2.75) is 19.0 Å². The summed E-state index contributed by atoms with van der Waals surface area (Å²) in [6.07, 6.45) is -2.64. The summed E-state index contributed by atoms with van der Waals surface area (Å²) in [6, 6.07) is 0. The molecule has 21 heavy (non-hydrogen) atoms. The highest BCUT2D eigenvalue weighted by Gasteiger charge is 2.38. The molecular formula is C12H25F3N4O2. The fraction of sp³-hybridized carbons (Fsp3) is 0.917. The van der Waals surface area contributed by atoms with Crippen LogP contribution in [-0.4, -0.2) is 69.6 Å². The molecule has 1 rings (SSSR count). The number of alkyl halides is 3. The minimum atomic E-state index is -5.08. The zero-order chi connectivity index (χ0) is 16.0. The van der Waals surface area contributed by atoms with E-state index in [1.54, 1.807) is 0 Å². The quantitative estimate of drug-likeness (QED) is 0.425. The van der Waals surface area contributed by atoms with Gasteiger partial charge in [0.05, 0.1) is 0 Å². The van der Waals surface area contributed by atoms with E-state index in [4.69, 9.17) is 9.90 Å². The van der Waals surface area contributed by atoms with Crippen molar-refractivity contribution in [3.63, 3.8) is 0 Å². The van der Waals surface area contributed by atoms with Gasteiger partial charge < -0.3 is 26.4 Å².